The van der Waals surface area contributed by atoms with E-state index in [1.54, 1.807) is 6.07 Å². The van der Waals surface area contributed by atoms with E-state index >= 15 is 0 Å². The molecule has 0 spiro atoms. The first-order valence-electron chi connectivity index (χ1n) is 10.9. The van der Waals surface area contributed by atoms with Crippen molar-refractivity contribution in [2.75, 3.05) is 46.9 Å². The van der Waals surface area contributed by atoms with Gasteiger partial charge in [-0.25, -0.2) is 8.42 Å². The standard InChI is InChI=1S/C23H31N3O5S/c1-16-13-20(17(2)26(16)18-5-6-18)21(27)15-24-9-11-25(12-10-24)32(28,29)19-7-8-22(30-3)23(14-19)31-4/h7-8,13-14,18H,5-6,9-12,15H2,1-4H3. The van der Waals surface area contributed by atoms with E-state index in [2.05, 4.69) is 11.5 Å². The molecule has 2 fully saturated rings. The van der Waals surface area contributed by atoms with Crippen LogP contribution in [0.1, 0.15) is 40.6 Å². The van der Waals surface area contributed by atoms with Crippen LogP contribution < -0.4 is 9.47 Å². The van der Waals surface area contributed by atoms with Crippen molar-refractivity contribution in [3.63, 3.8) is 0 Å². The van der Waals surface area contributed by atoms with Crippen LogP contribution in [0.5, 0.6) is 11.5 Å². The number of piperazine rings is 1. The number of sulfonamides is 1. The zero-order chi connectivity index (χ0) is 23.0. The molecule has 9 heteroatoms. The van der Waals surface area contributed by atoms with Gasteiger partial charge in [-0.05, 0) is 44.9 Å². The van der Waals surface area contributed by atoms with Crippen molar-refractivity contribution in [2.45, 2.75) is 37.6 Å². The third-order valence-electron chi connectivity index (χ3n) is 6.39. The first-order chi connectivity index (χ1) is 15.3. The Bertz CT molecular complexity index is 1110. The molecule has 0 atom stereocenters. The van der Waals surface area contributed by atoms with Crippen molar-refractivity contribution in [2.24, 2.45) is 0 Å². The van der Waals surface area contributed by atoms with Crippen LogP contribution in [0.4, 0.5) is 0 Å². The number of aromatic nitrogens is 1. The van der Waals surface area contributed by atoms with Gasteiger partial charge in [-0.2, -0.15) is 4.31 Å². The molecule has 1 aromatic carbocycles. The number of ether oxygens (including phenoxy) is 2. The van der Waals surface area contributed by atoms with E-state index in [9.17, 15) is 13.2 Å². The van der Waals surface area contributed by atoms with Gasteiger partial charge in [-0.15, -0.1) is 0 Å². The minimum Gasteiger partial charge on any atom is -0.493 e. The van der Waals surface area contributed by atoms with Crippen LogP contribution in [0.2, 0.25) is 0 Å². The number of rotatable bonds is 8. The van der Waals surface area contributed by atoms with E-state index in [1.807, 2.05) is 17.9 Å². The Labute approximate surface area is 189 Å². The largest absolute Gasteiger partial charge is 0.493 e. The molecular formula is C23H31N3O5S. The number of aryl methyl sites for hydroxylation is 1. The molecule has 1 aliphatic carbocycles. The molecule has 1 aromatic heterocycles. The number of Topliss-reactive ketones (excluding diaryl/α,β-unsaturated/α-hetero) is 1. The summed E-state index contributed by atoms with van der Waals surface area (Å²) in [5.74, 6) is 0.957. The fourth-order valence-electron chi connectivity index (χ4n) is 4.50. The lowest BCUT2D eigenvalue weighted by molar-refractivity contribution is 0.0901. The van der Waals surface area contributed by atoms with Gasteiger partial charge in [-0.3, -0.25) is 9.69 Å². The minimum absolute atomic E-state index is 0.0983. The Kier molecular flexibility index (Phi) is 6.33. The molecule has 1 saturated heterocycles. The molecule has 0 radical (unpaired) electrons. The predicted molar refractivity (Wildman–Crippen MR) is 121 cm³/mol. The predicted octanol–water partition coefficient (Wildman–Crippen LogP) is 2.65. The molecule has 8 nitrogen and oxygen atoms in total. The quantitative estimate of drug-likeness (QED) is 0.562. The van der Waals surface area contributed by atoms with E-state index in [0.717, 1.165) is 17.0 Å². The highest BCUT2D eigenvalue weighted by atomic mass is 32.2. The summed E-state index contributed by atoms with van der Waals surface area (Å²) in [6.45, 7) is 6.08. The third-order valence-corrected chi connectivity index (χ3v) is 8.28. The van der Waals surface area contributed by atoms with Gasteiger partial charge in [0.25, 0.3) is 0 Å². The highest BCUT2D eigenvalue weighted by Crippen LogP contribution is 2.38. The van der Waals surface area contributed by atoms with Gasteiger partial charge < -0.3 is 14.0 Å². The van der Waals surface area contributed by atoms with Gasteiger partial charge in [0.15, 0.2) is 17.3 Å². The molecule has 2 aliphatic rings. The Morgan fingerprint density at radius 1 is 1.00 bits per heavy atom. The number of methoxy groups -OCH3 is 2. The Balaban J connectivity index is 1.40. The van der Waals surface area contributed by atoms with E-state index in [4.69, 9.17) is 9.47 Å². The average molecular weight is 462 g/mol. The number of hydrogen-bond acceptors (Lipinski definition) is 6. The second-order valence-electron chi connectivity index (χ2n) is 8.51. The normalized spacial score (nSPS) is 18.0. The van der Waals surface area contributed by atoms with E-state index in [1.165, 1.54) is 43.5 Å². The summed E-state index contributed by atoms with van der Waals surface area (Å²) < 4.78 is 40.4. The Hall–Kier alpha value is -2.36. The molecule has 0 bridgehead atoms. The van der Waals surface area contributed by atoms with Gasteiger partial charge in [0, 0.05) is 55.2 Å². The molecule has 1 saturated carbocycles. The summed E-state index contributed by atoms with van der Waals surface area (Å²) in [7, 11) is -0.664. The van der Waals surface area contributed by atoms with Crippen LogP contribution >= 0.6 is 0 Å². The molecule has 1 aliphatic heterocycles. The van der Waals surface area contributed by atoms with E-state index in [0.29, 0.717) is 50.3 Å². The van der Waals surface area contributed by atoms with Gasteiger partial charge in [0.05, 0.1) is 25.7 Å². The molecular weight excluding hydrogens is 430 g/mol. The van der Waals surface area contributed by atoms with Crippen LogP contribution in [0.15, 0.2) is 29.2 Å². The molecule has 32 heavy (non-hydrogen) atoms. The molecule has 174 valence electrons. The second-order valence-corrected chi connectivity index (χ2v) is 10.4. The van der Waals surface area contributed by atoms with E-state index in [-0.39, 0.29) is 10.7 Å². The van der Waals surface area contributed by atoms with Crippen LogP contribution in [0, 0.1) is 13.8 Å². The van der Waals surface area contributed by atoms with Crippen molar-refractivity contribution in [1.82, 2.24) is 13.8 Å². The zero-order valence-electron chi connectivity index (χ0n) is 19.1. The number of ketones is 1. The monoisotopic (exact) mass is 461 g/mol. The van der Waals surface area contributed by atoms with Crippen LogP contribution in [-0.4, -0.2) is 74.9 Å². The zero-order valence-corrected chi connectivity index (χ0v) is 19.9. The first-order valence-corrected chi connectivity index (χ1v) is 12.4. The minimum atomic E-state index is -3.65. The first kappa shape index (κ1) is 22.8. The maximum atomic E-state index is 13.1. The Morgan fingerprint density at radius 2 is 1.66 bits per heavy atom. The van der Waals surface area contributed by atoms with E-state index < -0.39 is 10.0 Å². The molecule has 4 rings (SSSR count). The summed E-state index contributed by atoms with van der Waals surface area (Å²) in [5.41, 5.74) is 2.97. The van der Waals surface area contributed by atoms with Crippen molar-refractivity contribution in [1.29, 1.82) is 0 Å². The number of carbonyl (C=O) groups is 1. The van der Waals surface area contributed by atoms with Crippen molar-refractivity contribution in [3.05, 3.63) is 41.2 Å². The third kappa shape index (κ3) is 4.29. The smallest absolute Gasteiger partial charge is 0.243 e. The van der Waals surface area contributed by atoms with Crippen LogP contribution in [0.25, 0.3) is 0 Å². The molecule has 2 aromatic rings. The molecule has 0 amide bonds. The Morgan fingerprint density at radius 3 is 2.25 bits per heavy atom. The van der Waals surface area contributed by atoms with Crippen molar-refractivity contribution in [3.8, 4) is 11.5 Å². The summed E-state index contributed by atoms with van der Waals surface area (Å²) in [4.78, 5) is 15.2. The average Bonchev–Trinajstić information content (AvgIpc) is 3.57. The lowest BCUT2D eigenvalue weighted by Gasteiger charge is -2.33. The van der Waals surface area contributed by atoms with Crippen molar-refractivity contribution >= 4 is 15.8 Å². The lowest BCUT2D eigenvalue weighted by Crippen LogP contribution is -2.49. The highest BCUT2D eigenvalue weighted by Gasteiger charge is 2.31. The van der Waals surface area contributed by atoms with Crippen LogP contribution in [0.3, 0.4) is 0 Å². The fraction of sp³-hybridized carbons (Fsp3) is 0.522. The fourth-order valence-corrected chi connectivity index (χ4v) is 5.93. The highest BCUT2D eigenvalue weighted by molar-refractivity contribution is 7.89. The van der Waals surface area contributed by atoms with Gasteiger partial charge in [-0.1, -0.05) is 0 Å². The summed E-state index contributed by atoms with van der Waals surface area (Å²) in [6.07, 6.45) is 2.36. The number of hydrogen-bond donors (Lipinski definition) is 0. The summed E-state index contributed by atoms with van der Waals surface area (Å²) >= 11 is 0. The lowest BCUT2D eigenvalue weighted by atomic mass is 10.1. The van der Waals surface area contributed by atoms with Gasteiger partial charge in [0.2, 0.25) is 10.0 Å². The van der Waals surface area contributed by atoms with Gasteiger partial charge >= 0.3 is 0 Å². The van der Waals surface area contributed by atoms with Gasteiger partial charge in [0.1, 0.15) is 0 Å². The number of carbonyl (C=O) groups excluding carboxylic acids is 1. The maximum Gasteiger partial charge on any atom is 0.243 e. The SMILES string of the molecule is COc1ccc(S(=O)(=O)N2CCN(CC(=O)c3cc(C)n(C4CC4)c3C)CC2)cc1OC. The number of nitrogens with zero attached hydrogens (tertiary/aromatic N) is 3. The summed E-state index contributed by atoms with van der Waals surface area (Å²) in [6, 6.07) is 7.15. The molecule has 2 heterocycles. The van der Waals surface area contributed by atoms with Crippen molar-refractivity contribution < 1.29 is 22.7 Å². The summed E-state index contributed by atoms with van der Waals surface area (Å²) in [5, 5.41) is 0. The molecule has 0 N–H and O–H groups in total. The molecule has 0 unspecified atom stereocenters. The second kappa shape index (κ2) is 8.88. The topological polar surface area (TPSA) is 81.1 Å². The number of benzene rings is 1. The van der Waals surface area contributed by atoms with Crippen LogP contribution in [-0.2, 0) is 10.0 Å². The maximum absolute atomic E-state index is 13.1.